The van der Waals surface area contributed by atoms with E-state index in [9.17, 15) is 4.79 Å². The highest BCUT2D eigenvalue weighted by molar-refractivity contribution is 6.30. The van der Waals surface area contributed by atoms with Crippen molar-refractivity contribution in [3.05, 3.63) is 76.9 Å². The third-order valence-corrected chi connectivity index (χ3v) is 2.91. The molecule has 2 rings (SSSR count). The van der Waals surface area contributed by atoms with Crippen LogP contribution in [0.15, 0.2) is 60.8 Å². The van der Waals surface area contributed by atoms with Crippen molar-refractivity contribution in [3.63, 3.8) is 0 Å². The van der Waals surface area contributed by atoms with Crippen molar-refractivity contribution in [1.82, 2.24) is 10.6 Å². The quantitative estimate of drug-likeness (QED) is 0.882. The lowest BCUT2D eigenvalue weighted by Crippen LogP contribution is -2.31. The molecule has 0 heterocycles. The summed E-state index contributed by atoms with van der Waals surface area (Å²) in [5, 5.41) is 6.10. The Hall–Kier alpha value is -2.26. The van der Waals surface area contributed by atoms with Crippen LogP contribution in [0.1, 0.15) is 11.1 Å². The van der Waals surface area contributed by atoms with Crippen LogP contribution in [-0.2, 0) is 6.54 Å². The number of rotatable bonds is 4. The van der Waals surface area contributed by atoms with Gasteiger partial charge in [-0.2, -0.15) is 0 Å². The molecular formula is C16H15ClN2O. The molecule has 20 heavy (non-hydrogen) atoms. The Labute approximate surface area is 123 Å². The molecule has 0 atom stereocenters. The van der Waals surface area contributed by atoms with Crippen molar-refractivity contribution < 1.29 is 4.79 Å². The average Bonchev–Trinajstić information content (AvgIpc) is 2.48. The van der Waals surface area contributed by atoms with Gasteiger partial charge in [0.15, 0.2) is 0 Å². The van der Waals surface area contributed by atoms with Gasteiger partial charge in [-0.3, -0.25) is 0 Å². The zero-order valence-corrected chi connectivity index (χ0v) is 11.6. The van der Waals surface area contributed by atoms with Crippen molar-refractivity contribution in [2.24, 2.45) is 0 Å². The van der Waals surface area contributed by atoms with Crippen molar-refractivity contribution in [3.8, 4) is 0 Å². The summed E-state index contributed by atoms with van der Waals surface area (Å²) < 4.78 is 0. The molecule has 2 aromatic rings. The van der Waals surface area contributed by atoms with Crippen molar-refractivity contribution >= 4 is 23.7 Å². The first-order chi connectivity index (χ1) is 9.74. The molecule has 0 radical (unpaired) electrons. The second-order valence-electron chi connectivity index (χ2n) is 4.20. The first-order valence-electron chi connectivity index (χ1n) is 6.24. The Morgan fingerprint density at radius 3 is 2.45 bits per heavy atom. The highest BCUT2D eigenvalue weighted by Crippen LogP contribution is 2.08. The zero-order chi connectivity index (χ0) is 14.2. The summed E-state index contributed by atoms with van der Waals surface area (Å²) in [6, 6.07) is 16.9. The number of urea groups is 1. The van der Waals surface area contributed by atoms with Gasteiger partial charge in [-0.05, 0) is 29.3 Å². The van der Waals surface area contributed by atoms with E-state index < -0.39 is 0 Å². The van der Waals surface area contributed by atoms with Gasteiger partial charge in [0.1, 0.15) is 0 Å². The predicted octanol–water partition coefficient (Wildman–Crippen LogP) is 3.81. The molecule has 0 aromatic heterocycles. The van der Waals surface area contributed by atoms with Crippen molar-refractivity contribution in [1.29, 1.82) is 0 Å². The van der Waals surface area contributed by atoms with Crippen LogP contribution in [0.5, 0.6) is 0 Å². The molecule has 3 nitrogen and oxygen atoms in total. The topological polar surface area (TPSA) is 41.1 Å². The normalized spacial score (nSPS) is 10.4. The van der Waals surface area contributed by atoms with E-state index in [4.69, 9.17) is 11.6 Å². The van der Waals surface area contributed by atoms with Crippen molar-refractivity contribution in [2.75, 3.05) is 0 Å². The summed E-state index contributed by atoms with van der Waals surface area (Å²) in [4.78, 5) is 11.6. The summed E-state index contributed by atoms with van der Waals surface area (Å²) >= 11 is 5.79. The van der Waals surface area contributed by atoms with E-state index in [0.29, 0.717) is 11.6 Å². The van der Waals surface area contributed by atoms with E-state index >= 15 is 0 Å². The van der Waals surface area contributed by atoms with Gasteiger partial charge in [-0.15, -0.1) is 0 Å². The van der Waals surface area contributed by atoms with Gasteiger partial charge in [0.25, 0.3) is 0 Å². The number of carbonyl (C=O) groups excluding carboxylic acids is 1. The van der Waals surface area contributed by atoms with E-state index in [0.717, 1.165) is 11.1 Å². The van der Waals surface area contributed by atoms with Gasteiger partial charge in [0.2, 0.25) is 0 Å². The summed E-state index contributed by atoms with van der Waals surface area (Å²) in [6.45, 7) is 0.460. The monoisotopic (exact) mass is 286 g/mol. The molecule has 2 N–H and O–H groups in total. The molecule has 0 unspecified atom stereocenters. The lowest BCUT2D eigenvalue weighted by Gasteiger charge is -2.04. The number of nitrogens with one attached hydrogen (secondary N) is 2. The minimum absolute atomic E-state index is 0.243. The third kappa shape index (κ3) is 4.78. The van der Waals surface area contributed by atoms with Crippen LogP contribution in [0.2, 0.25) is 5.02 Å². The molecule has 4 heteroatoms. The largest absolute Gasteiger partial charge is 0.334 e. The van der Waals surface area contributed by atoms with Gasteiger partial charge >= 0.3 is 6.03 Å². The second-order valence-corrected chi connectivity index (χ2v) is 4.63. The lowest BCUT2D eigenvalue weighted by molar-refractivity contribution is 0.244. The first-order valence-corrected chi connectivity index (χ1v) is 6.62. The SMILES string of the molecule is O=C(NC=Cc1ccccc1)NCc1ccc(Cl)cc1. The molecule has 0 aliphatic carbocycles. The lowest BCUT2D eigenvalue weighted by atomic mass is 10.2. The van der Waals surface area contributed by atoms with Gasteiger partial charge in [0.05, 0.1) is 0 Å². The van der Waals surface area contributed by atoms with Crippen LogP contribution in [0.4, 0.5) is 4.79 Å². The molecule has 0 saturated heterocycles. The molecule has 2 aromatic carbocycles. The van der Waals surface area contributed by atoms with Crippen molar-refractivity contribution in [2.45, 2.75) is 6.54 Å². The van der Waals surface area contributed by atoms with Gasteiger partial charge in [-0.25, -0.2) is 4.79 Å². The molecular weight excluding hydrogens is 272 g/mol. The van der Waals surface area contributed by atoms with E-state index in [1.807, 2.05) is 48.5 Å². The molecule has 0 fully saturated rings. The van der Waals surface area contributed by atoms with Gasteiger partial charge in [0, 0.05) is 17.8 Å². The predicted molar refractivity (Wildman–Crippen MR) is 82.3 cm³/mol. The fourth-order valence-corrected chi connectivity index (χ4v) is 1.74. The first kappa shape index (κ1) is 14.2. The number of hydrogen-bond acceptors (Lipinski definition) is 1. The standard InChI is InChI=1S/C16H15ClN2O/c17-15-8-6-14(7-9-15)12-19-16(20)18-11-10-13-4-2-1-3-5-13/h1-11H,12H2,(H2,18,19,20). The Kier molecular flexibility index (Phi) is 5.21. The van der Waals surface area contributed by atoms with Crippen LogP contribution in [0, 0.1) is 0 Å². The summed E-state index contributed by atoms with van der Waals surface area (Å²) in [5.74, 6) is 0. The third-order valence-electron chi connectivity index (χ3n) is 2.66. The maximum absolute atomic E-state index is 11.6. The fourth-order valence-electron chi connectivity index (χ4n) is 1.61. The van der Waals surface area contributed by atoms with E-state index in [2.05, 4.69) is 10.6 Å². The van der Waals surface area contributed by atoms with E-state index in [-0.39, 0.29) is 6.03 Å². The van der Waals surface area contributed by atoms with Crippen LogP contribution < -0.4 is 10.6 Å². The number of amides is 2. The Bertz CT molecular complexity index is 579. The molecule has 0 spiro atoms. The fraction of sp³-hybridized carbons (Fsp3) is 0.0625. The highest BCUT2D eigenvalue weighted by atomic mass is 35.5. The minimum atomic E-state index is -0.243. The highest BCUT2D eigenvalue weighted by Gasteiger charge is 1.97. The molecule has 0 aliphatic rings. The maximum Gasteiger partial charge on any atom is 0.319 e. The van der Waals surface area contributed by atoms with Crippen LogP contribution in [0.25, 0.3) is 6.08 Å². The average molecular weight is 287 g/mol. The molecule has 2 amide bonds. The summed E-state index contributed by atoms with van der Waals surface area (Å²) in [6.07, 6.45) is 3.45. The molecule has 0 saturated carbocycles. The van der Waals surface area contributed by atoms with Crippen LogP contribution >= 0.6 is 11.6 Å². The Balaban J connectivity index is 1.76. The number of benzene rings is 2. The minimum Gasteiger partial charge on any atom is -0.334 e. The molecule has 102 valence electrons. The van der Waals surface area contributed by atoms with Gasteiger partial charge < -0.3 is 10.6 Å². The van der Waals surface area contributed by atoms with Crippen LogP contribution in [0.3, 0.4) is 0 Å². The smallest absolute Gasteiger partial charge is 0.319 e. The zero-order valence-electron chi connectivity index (χ0n) is 10.8. The van der Waals surface area contributed by atoms with E-state index in [1.54, 1.807) is 18.3 Å². The second kappa shape index (κ2) is 7.36. The van der Waals surface area contributed by atoms with Gasteiger partial charge in [-0.1, -0.05) is 54.1 Å². The van der Waals surface area contributed by atoms with E-state index in [1.165, 1.54) is 0 Å². The molecule has 0 aliphatic heterocycles. The Morgan fingerprint density at radius 2 is 1.75 bits per heavy atom. The summed E-state index contributed by atoms with van der Waals surface area (Å²) in [7, 11) is 0. The molecule has 0 bridgehead atoms. The number of carbonyl (C=O) groups is 1. The maximum atomic E-state index is 11.6. The number of hydrogen-bond donors (Lipinski definition) is 2. The summed E-state index contributed by atoms with van der Waals surface area (Å²) in [5.41, 5.74) is 2.03. The number of halogens is 1. The Morgan fingerprint density at radius 1 is 1.05 bits per heavy atom. The van der Waals surface area contributed by atoms with Crippen LogP contribution in [-0.4, -0.2) is 6.03 Å².